The molecule has 0 atom stereocenters. The second-order valence-corrected chi connectivity index (χ2v) is 8.10. The average Bonchev–Trinajstić information content (AvgIpc) is 2.44. The zero-order valence-corrected chi connectivity index (χ0v) is 16.0. The van der Waals surface area contributed by atoms with E-state index in [9.17, 15) is 8.42 Å². The Hall–Kier alpha value is -1.36. The fourth-order valence-electron chi connectivity index (χ4n) is 2.65. The minimum absolute atomic E-state index is 0.207. The number of hydrogen-bond acceptors (Lipinski definition) is 2. The Bertz CT molecular complexity index is 609. The molecule has 0 N–H and O–H groups in total. The molecule has 0 aliphatic rings. The molecule has 5 heteroatoms. The number of unbranched alkanes of at least 4 members (excludes halogenated alkanes) is 1. The van der Waals surface area contributed by atoms with Crippen LogP contribution in [0.2, 0.25) is 0 Å². The monoisotopic (exact) mass is 338 g/mol. The van der Waals surface area contributed by atoms with Crippen molar-refractivity contribution in [3.05, 3.63) is 29.8 Å². The van der Waals surface area contributed by atoms with Crippen molar-refractivity contribution in [2.24, 2.45) is 4.40 Å². The maximum atomic E-state index is 12.7. The van der Waals surface area contributed by atoms with E-state index in [1.54, 1.807) is 24.3 Å². The van der Waals surface area contributed by atoms with Gasteiger partial charge in [0.15, 0.2) is 0 Å². The van der Waals surface area contributed by atoms with E-state index in [0.717, 1.165) is 18.4 Å². The lowest BCUT2D eigenvalue weighted by atomic mass is 10.1. The third-order valence-corrected chi connectivity index (χ3v) is 5.03. The van der Waals surface area contributed by atoms with Gasteiger partial charge in [0.25, 0.3) is 10.0 Å². The molecule has 0 aromatic heterocycles. The molecular weight excluding hydrogens is 308 g/mol. The van der Waals surface area contributed by atoms with Crippen molar-refractivity contribution in [1.82, 2.24) is 4.90 Å². The van der Waals surface area contributed by atoms with E-state index in [-0.39, 0.29) is 17.0 Å². The molecule has 0 saturated carbocycles. The normalized spacial score (nSPS) is 13.0. The second kappa shape index (κ2) is 8.48. The van der Waals surface area contributed by atoms with Gasteiger partial charge in [-0.15, -0.1) is 4.40 Å². The number of benzene rings is 1. The van der Waals surface area contributed by atoms with Crippen LogP contribution in [0.25, 0.3) is 0 Å². The first-order valence-corrected chi connectivity index (χ1v) is 9.82. The van der Waals surface area contributed by atoms with Gasteiger partial charge in [-0.1, -0.05) is 31.0 Å². The van der Waals surface area contributed by atoms with Crippen LogP contribution in [0.15, 0.2) is 33.6 Å². The largest absolute Gasteiger partial charge is 0.354 e. The summed E-state index contributed by atoms with van der Waals surface area (Å²) in [5, 5.41) is 0. The Kier molecular flexibility index (Phi) is 7.26. The summed E-state index contributed by atoms with van der Waals surface area (Å²) in [6.45, 7) is 12.3. The first kappa shape index (κ1) is 19.7. The molecule has 0 aliphatic carbocycles. The molecule has 0 bridgehead atoms. The molecule has 0 heterocycles. The summed E-state index contributed by atoms with van der Waals surface area (Å²) in [5.41, 5.74) is 1.03. The SMILES string of the molecule is CCCC/C(=N\S(=O)(=O)c1ccc(C)cc1)N(C(C)C)C(C)C. The van der Waals surface area contributed by atoms with E-state index in [2.05, 4.69) is 43.9 Å². The van der Waals surface area contributed by atoms with E-state index in [1.165, 1.54) is 0 Å². The predicted molar refractivity (Wildman–Crippen MR) is 97.4 cm³/mol. The first-order valence-electron chi connectivity index (χ1n) is 8.38. The Balaban J connectivity index is 3.28. The molecule has 4 nitrogen and oxygen atoms in total. The molecule has 0 saturated heterocycles. The van der Waals surface area contributed by atoms with Crippen LogP contribution in [-0.4, -0.2) is 31.2 Å². The molecular formula is C18H30N2O2S. The Morgan fingerprint density at radius 1 is 1.09 bits per heavy atom. The molecule has 1 aromatic rings. The number of amidine groups is 1. The van der Waals surface area contributed by atoms with Crippen LogP contribution in [0.3, 0.4) is 0 Å². The van der Waals surface area contributed by atoms with Gasteiger partial charge < -0.3 is 4.90 Å². The molecule has 130 valence electrons. The van der Waals surface area contributed by atoms with Crippen LogP contribution < -0.4 is 0 Å². The van der Waals surface area contributed by atoms with Crippen molar-refractivity contribution in [3.63, 3.8) is 0 Å². The van der Waals surface area contributed by atoms with E-state index < -0.39 is 10.0 Å². The maximum Gasteiger partial charge on any atom is 0.283 e. The van der Waals surface area contributed by atoms with Gasteiger partial charge in [0.2, 0.25) is 0 Å². The lowest BCUT2D eigenvalue weighted by Crippen LogP contribution is -2.42. The van der Waals surface area contributed by atoms with Gasteiger partial charge in [0.05, 0.1) is 4.90 Å². The Morgan fingerprint density at radius 2 is 1.61 bits per heavy atom. The zero-order valence-electron chi connectivity index (χ0n) is 15.2. The first-order chi connectivity index (χ1) is 10.7. The van der Waals surface area contributed by atoms with Crippen LogP contribution in [-0.2, 0) is 10.0 Å². The smallest absolute Gasteiger partial charge is 0.283 e. The van der Waals surface area contributed by atoms with Crippen LogP contribution in [0.1, 0.15) is 59.4 Å². The third-order valence-electron chi connectivity index (χ3n) is 3.71. The molecule has 1 aromatic carbocycles. The highest BCUT2D eigenvalue weighted by Crippen LogP contribution is 2.18. The maximum absolute atomic E-state index is 12.7. The molecule has 1 rings (SSSR count). The highest BCUT2D eigenvalue weighted by molar-refractivity contribution is 7.90. The van der Waals surface area contributed by atoms with Crippen LogP contribution >= 0.6 is 0 Å². The molecule has 0 spiro atoms. The van der Waals surface area contributed by atoms with Crippen molar-refractivity contribution >= 4 is 15.9 Å². The predicted octanol–water partition coefficient (Wildman–Crippen LogP) is 4.39. The fraction of sp³-hybridized carbons (Fsp3) is 0.611. The number of rotatable bonds is 7. The second-order valence-electron chi connectivity index (χ2n) is 6.49. The summed E-state index contributed by atoms with van der Waals surface area (Å²) in [6.07, 6.45) is 2.61. The number of aryl methyl sites for hydroxylation is 1. The Labute approximate surface area is 141 Å². The zero-order chi connectivity index (χ0) is 17.6. The summed E-state index contributed by atoms with van der Waals surface area (Å²) < 4.78 is 29.5. The molecule has 23 heavy (non-hydrogen) atoms. The Morgan fingerprint density at radius 3 is 2.04 bits per heavy atom. The van der Waals surface area contributed by atoms with Gasteiger partial charge in [0, 0.05) is 18.5 Å². The summed E-state index contributed by atoms with van der Waals surface area (Å²) >= 11 is 0. The van der Waals surface area contributed by atoms with Crippen molar-refractivity contribution in [3.8, 4) is 0 Å². The average molecular weight is 339 g/mol. The molecule has 0 aliphatic heterocycles. The topological polar surface area (TPSA) is 49.7 Å². The summed E-state index contributed by atoms with van der Waals surface area (Å²) in [6, 6.07) is 7.27. The number of nitrogens with zero attached hydrogens (tertiary/aromatic N) is 2. The lowest BCUT2D eigenvalue weighted by molar-refractivity contribution is 0.286. The minimum Gasteiger partial charge on any atom is -0.354 e. The van der Waals surface area contributed by atoms with Gasteiger partial charge in [-0.05, 0) is 53.2 Å². The fourth-order valence-corrected chi connectivity index (χ4v) is 3.70. The molecule has 0 radical (unpaired) electrons. The lowest BCUT2D eigenvalue weighted by Gasteiger charge is -2.33. The number of sulfonamides is 1. The van der Waals surface area contributed by atoms with E-state index >= 15 is 0 Å². The van der Waals surface area contributed by atoms with Gasteiger partial charge in [-0.25, -0.2) is 0 Å². The summed E-state index contributed by atoms with van der Waals surface area (Å²) in [4.78, 5) is 2.35. The van der Waals surface area contributed by atoms with E-state index in [1.807, 2.05) is 6.92 Å². The van der Waals surface area contributed by atoms with Gasteiger partial charge in [-0.2, -0.15) is 8.42 Å². The van der Waals surface area contributed by atoms with Crippen LogP contribution in [0, 0.1) is 6.92 Å². The quantitative estimate of drug-likeness (QED) is 0.547. The standard InChI is InChI=1S/C18H30N2O2S/c1-7-8-9-18(20(14(2)3)15(4)5)19-23(21,22)17-12-10-16(6)11-13-17/h10-15H,7-9H2,1-6H3/b19-18+. The third kappa shape index (κ3) is 5.65. The minimum atomic E-state index is -3.67. The van der Waals surface area contributed by atoms with E-state index in [4.69, 9.17) is 0 Å². The number of hydrogen-bond donors (Lipinski definition) is 0. The highest BCUT2D eigenvalue weighted by Gasteiger charge is 2.22. The van der Waals surface area contributed by atoms with Crippen molar-refractivity contribution in [2.45, 2.75) is 77.8 Å². The van der Waals surface area contributed by atoms with Gasteiger partial charge in [-0.3, -0.25) is 0 Å². The van der Waals surface area contributed by atoms with Crippen LogP contribution in [0.4, 0.5) is 0 Å². The van der Waals surface area contributed by atoms with Crippen molar-refractivity contribution in [1.29, 1.82) is 0 Å². The van der Waals surface area contributed by atoms with Crippen molar-refractivity contribution in [2.75, 3.05) is 0 Å². The highest BCUT2D eigenvalue weighted by atomic mass is 32.2. The molecule has 0 amide bonds. The summed E-state index contributed by atoms with van der Waals surface area (Å²) in [7, 11) is -3.67. The van der Waals surface area contributed by atoms with Crippen molar-refractivity contribution < 1.29 is 8.42 Å². The molecule has 0 fully saturated rings. The molecule has 0 unspecified atom stereocenters. The summed E-state index contributed by atoms with van der Waals surface area (Å²) in [5.74, 6) is 0.664. The van der Waals surface area contributed by atoms with Gasteiger partial charge in [0.1, 0.15) is 5.84 Å². The van der Waals surface area contributed by atoms with Crippen LogP contribution in [0.5, 0.6) is 0 Å². The van der Waals surface area contributed by atoms with Gasteiger partial charge >= 0.3 is 0 Å². The van der Waals surface area contributed by atoms with E-state index in [0.29, 0.717) is 12.3 Å².